The van der Waals surface area contributed by atoms with Gasteiger partial charge in [-0.25, -0.2) is 4.79 Å². The lowest BCUT2D eigenvalue weighted by Crippen LogP contribution is -2.55. The maximum Gasteiger partial charge on any atom is 0.408 e. The summed E-state index contributed by atoms with van der Waals surface area (Å²) in [6, 6.07) is 10.4. The van der Waals surface area contributed by atoms with Gasteiger partial charge in [0.25, 0.3) is 0 Å². The highest BCUT2D eigenvalue weighted by Crippen LogP contribution is 2.41. The number of rotatable bonds is 11. The first-order valence-electron chi connectivity index (χ1n) is 14.0. The average molecular weight is 554 g/mol. The van der Waals surface area contributed by atoms with Crippen LogP contribution in [0.3, 0.4) is 0 Å². The molecule has 2 aromatic rings. The van der Waals surface area contributed by atoms with Crippen LogP contribution in [0.25, 0.3) is 0 Å². The van der Waals surface area contributed by atoms with E-state index >= 15 is 0 Å². The van der Waals surface area contributed by atoms with Crippen molar-refractivity contribution in [3.05, 3.63) is 59.7 Å². The molecule has 5 unspecified atom stereocenters. The second-order valence-electron chi connectivity index (χ2n) is 11.8. The van der Waals surface area contributed by atoms with Gasteiger partial charge in [0, 0.05) is 18.5 Å². The lowest BCUT2D eigenvalue weighted by Gasteiger charge is -2.35. The topological polar surface area (TPSA) is 128 Å². The van der Waals surface area contributed by atoms with Gasteiger partial charge >= 0.3 is 6.09 Å². The standard InChI is InChI=1S/C31H43N3O6/c1-7-9-20(3)32-28(37)27(22-10-8-11-24(36)18-22)34(26-16-19(26)2)29(38)25(33-30(39)40-31(4,5)6)17-21-12-14-23(35)15-13-21/h8,10-15,18-20,25-27,35-36H,7,9,16-17H2,1-6H3,(H,32,37)(H,33,39). The van der Waals surface area contributed by atoms with Crippen molar-refractivity contribution in [3.63, 3.8) is 0 Å². The van der Waals surface area contributed by atoms with Crippen molar-refractivity contribution >= 4 is 17.9 Å². The van der Waals surface area contributed by atoms with Crippen LogP contribution in [-0.2, 0) is 20.7 Å². The van der Waals surface area contributed by atoms with Crippen LogP contribution in [0.5, 0.6) is 11.5 Å². The Morgan fingerprint density at radius 1 is 1.05 bits per heavy atom. The Morgan fingerprint density at radius 3 is 2.25 bits per heavy atom. The first-order valence-corrected chi connectivity index (χ1v) is 14.0. The third-order valence-corrected chi connectivity index (χ3v) is 6.87. The van der Waals surface area contributed by atoms with Crippen LogP contribution >= 0.6 is 0 Å². The lowest BCUT2D eigenvalue weighted by atomic mass is 9.99. The van der Waals surface area contributed by atoms with Crippen LogP contribution in [0.2, 0.25) is 0 Å². The fourth-order valence-corrected chi connectivity index (χ4v) is 4.83. The second-order valence-corrected chi connectivity index (χ2v) is 11.8. The predicted molar refractivity (Wildman–Crippen MR) is 153 cm³/mol. The molecule has 0 saturated heterocycles. The van der Waals surface area contributed by atoms with Crippen LogP contribution in [0.15, 0.2) is 48.5 Å². The van der Waals surface area contributed by atoms with Crippen molar-refractivity contribution in [1.82, 2.24) is 15.5 Å². The number of aromatic hydroxyl groups is 2. The molecule has 3 rings (SSSR count). The van der Waals surface area contributed by atoms with Crippen molar-refractivity contribution in [2.45, 2.75) is 97.0 Å². The van der Waals surface area contributed by atoms with Crippen LogP contribution in [0.1, 0.15) is 78.0 Å². The third-order valence-electron chi connectivity index (χ3n) is 6.87. The fraction of sp³-hybridized carbons (Fsp3) is 0.516. The van der Waals surface area contributed by atoms with Gasteiger partial charge in [0.15, 0.2) is 0 Å². The molecule has 9 nitrogen and oxygen atoms in total. The molecule has 0 heterocycles. The quantitative estimate of drug-likeness (QED) is 0.316. The summed E-state index contributed by atoms with van der Waals surface area (Å²) in [6.45, 7) is 11.2. The van der Waals surface area contributed by atoms with Gasteiger partial charge in [-0.1, -0.05) is 44.5 Å². The molecule has 5 atom stereocenters. The summed E-state index contributed by atoms with van der Waals surface area (Å²) in [4.78, 5) is 42.7. The summed E-state index contributed by atoms with van der Waals surface area (Å²) in [7, 11) is 0. The van der Waals surface area contributed by atoms with Gasteiger partial charge in [0.2, 0.25) is 11.8 Å². The minimum absolute atomic E-state index is 0.0133. The number of hydrogen-bond acceptors (Lipinski definition) is 6. The molecule has 2 aromatic carbocycles. The van der Waals surface area contributed by atoms with Crippen LogP contribution in [0.4, 0.5) is 4.79 Å². The van der Waals surface area contributed by atoms with Gasteiger partial charge in [0.05, 0.1) is 0 Å². The molecule has 40 heavy (non-hydrogen) atoms. The molecule has 1 aliphatic rings. The van der Waals surface area contributed by atoms with Crippen molar-refractivity contribution in [2.24, 2.45) is 5.92 Å². The van der Waals surface area contributed by atoms with E-state index < -0.39 is 29.7 Å². The SMILES string of the molecule is CCCC(C)NC(=O)C(c1cccc(O)c1)N(C(=O)C(Cc1ccc(O)cc1)NC(=O)OC(C)(C)C)C1CC1C. The van der Waals surface area contributed by atoms with Gasteiger partial charge in [-0.15, -0.1) is 0 Å². The van der Waals surface area contributed by atoms with Crippen molar-refractivity contribution in [1.29, 1.82) is 0 Å². The number of hydrogen-bond donors (Lipinski definition) is 4. The maximum absolute atomic E-state index is 14.4. The zero-order valence-electron chi connectivity index (χ0n) is 24.3. The molecule has 1 saturated carbocycles. The molecule has 0 bridgehead atoms. The van der Waals surface area contributed by atoms with E-state index in [1.807, 2.05) is 20.8 Å². The van der Waals surface area contributed by atoms with E-state index in [4.69, 9.17) is 4.74 Å². The Morgan fingerprint density at radius 2 is 1.70 bits per heavy atom. The van der Waals surface area contributed by atoms with Crippen molar-refractivity contribution < 1.29 is 29.3 Å². The lowest BCUT2D eigenvalue weighted by molar-refractivity contribution is -0.143. The Kier molecular flexibility index (Phi) is 10.1. The summed E-state index contributed by atoms with van der Waals surface area (Å²) in [6.07, 6.45) is 1.74. The highest BCUT2D eigenvalue weighted by atomic mass is 16.6. The zero-order valence-corrected chi connectivity index (χ0v) is 24.3. The fourth-order valence-electron chi connectivity index (χ4n) is 4.83. The highest BCUT2D eigenvalue weighted by Gasteiger charge is 2.48. The van der Waals surface area contributed by atoms with E-state index in [0.29, 0.717) is 17.5 Å². The number of benzene rings is 2. The number of nitrogens with zero attached hydrogens (tertiary/aromatic N) is 1. The Labute approximate surface area is 236 Å². The summed E-state index contributed by atoms with van der Waals surface area (Å²) in [5.41, 5.74) is 0.417. The van der Waals surface area contributed by atoms with E-state index in [1.165, 1.54) is 24.3 Å². The summed E-state index contributed by atoms with van der Waals surface area (Å²) >= 11 is 0. The summed E-state index contributed by atoms with van der Waals surface area (Å²) in [5, 5.41) is 25.8. The van der Waals surface area contributed by atoms with Gasteiger partial charge in [-0.2, -0.15) is 0 Å². The van der Waals surface area contributed by atoms with E-state index in [1.54, 1.807) is 49.9 Å². The molecule has 1 fully saturated rings. The molecular weight excluding hydrogens is 510 g/mol. The van der Waals surface area contributed by atoms with E-state index in [2.05, 4.69) is 10.6 Å². The van der Waals surface area contributed by atoms with Crippen LogP contribution in [-0.4, -0.2) is 56.7 Å². The van der Waals surface area contributed by atoms with Crippen LogP contribution < -0.4 is 10.6 Å². The molecule has 218 valence electrons. The van der Waals surface area contributed by atoms with Crippen LogP contribution in [0, 0.1) is 5.92 Å². The Balaban J connectivity index is 2.04. The second kappa shape index (κ2) is 13.1. The number of phenolic OH excluding ortho intramolecular Hbond substituents is 2. The number of phenols is 2. The van der Waals surface area contributed by atoms with Gasteiger partial charge in [-0.05, 0) is 81.8 Å². The maximum atomic E-state index is 14.4. The Hall–Kier alpha value is -3.75. The molecule has 4 N–H and O–H groups in total. The minimum Gasteiger partial charge on any atom is -0.508 e. The molecular formula is C31H43N3O6. The Bertz CT molecular complexity index is 1180. The molecule has 0 spiro atoms. The number of carbonyl (C=O) groups is 3. The normalized spacial score (nSPS) is 18.6. The van der Waals surface area contributed by atoms with Gasteiger partial charge in [-0.3, -0.25) is 9.59 Å². The number of ether oxygens (including phenoxy) is 1. The molecule has 3 amide bonds. The first-order chi connectivity index (χ1) is 18.8. The van der Waals surface area contributed by atoms with E-state index in [9.17, 15) is 24.6 Å². The van der Waals surface area contributed by atoms with Crippen molar-refractivity contribution in [2.75, 3.05) is 0 Å². The third kappa shape index (κ3) is 8.63. The number of carbonyl (C=O) groups excluding carboxylic acids is 3. The summed E-state index contributed by atoms with van der Waals surface area (Å²) in [5.74, 6) is -0.553. The molecule has 9 heteroatoms. The first kappa shape index (κ1) is 30.8. The van der Waals surface area contributed by atoms with Crippen molar-refractivity contribution in [3.8, 4) is 11.5 Å². The predicted octanol–water partition coefficient (Wildman–Crippen LogP) is 4.82. The molecule has 0 aliphatic heterocycles. The molecule has 0 radical (unpaired) electrons. The van der Waals surface area contributed by atoms with Gasteiger partial charge in [0.1, 0.15) is 29.2 Å². The van der Waals surface area contributed by atoms with E-state index in [-0.39, 0.29) is 41.8 Å². The monoisotopic (exact) mass is 553 g/mol. The molecule has 1 aliphatic carbocycles. The zero-order chi connectivity index (χ0) is 29.6. The number of alkyl carbamates (subject to hydrolysis) is 1. The number of amides is 3. The highest BCUT2D eigenvalue weighted by molar-refractivity contribution is 5.93. The van der Waals surface area contributed by atoms with E-state index in [0.717, 1.165) is 12.8 Å². The smallest absolute Gasteiger partial charge is 0.408 e. The minimum atomic E-state index is -1.05. The largest absolute Gasteiger partial charge is 0.508 e. The summed E-state index contributed by atoms with van der Waals surface area (Å²) < 4.78 is 5.47. The number of nitrogens with one attached hydrogen (secondary N) is 2. The van der Waals surface area contributed by atoms with Gasteiger partial charge < -0.3 is 30.5 Å². The molecule has 0 aromatic heterocycles. The average Bonchev–Trinajstić information content (AvgIpc) is 3.57.